The highest BCUT2D eigenvalue weighted by molar-refractivity contribution is 5.80. The van der Waals surface area contributed by atoms with E-state index >= 15 is 0 Å². The summed E-state index contributed by atoms with van der Waals surface area (Å²) in [5.41, 5.74) is 2.56. The Morgan fingerprint density at radius 1 is 1.22 bits per heavy atom. The minimum atomic E-state index is 0.531. The highest BCUT2D eigenvalue weighted by Gasteiger charge is 2.14. The zero-order valence-electron chi connectivity index (χ0n) is 16.6. The maximum Gasteiger partial charge on any atom is 0.191 e. The number of benzene rings is 1. The Kier molecular flexibility index (Phi) is 7.25. The van der Waals surface area contributed by atoms with Crippen molar-refractivity contribution in [3.05, 3.63) is 47.5 Å². The fraction of sp³-hybridized carbons (Fsp3) is 0.571. The maximum absolute atomic E-state index is 4.86. The Morgan fingerprint density at radius 3 is 2.81 bits per heavy atom. The average Bonchev–Trinajstić information content (AvgIpc) is 3.15. The molecule has 1 aliphatic rings. The van der Waals surface area contributed by atoms with Crippen LogP contribution in [-0.2, 0) is 19.5 Å². The first-order valence-corrected chi connectivity index (χ1v) is 10.2. The number of hydrogen-bond acceptors (Lipinski definition) is 3. The van der Waals surface area contributed by atoms with Gasteiger partial charge in [0.2, 0.25) is 0 Å². The summed E-state index contributed by atoms with van der Waals surface area (Å²) < 4.78 is 2.10. The largest absolute Gasteiger partial charge is 0.355 e. The molecule has 0 spiro atoms. The molecule has 0 saturated heterocycles. The maximum atomic E-state index is 4.86. The fourth-order valence-electron chi connectivity index (χ4n) is 3.58. The summed E-state index contributed by atoms with van der Waals surface area (Å²) in [5.74, 6) is 1.94. The molecule has 6 heteroatoms. The van der Waals surface area contributed by atoms with Crippen LogP contribution in [0.3, 0.4) is 0 Å². The van der Waals surface area contributed by atoms with E-state index in [1.165, 1.54) is 43.2 Å². The Bertz CT molecular complexity index is 730. The number of guanidine groups is 1. The van der Waals surface area contributed by atoms with Crippen LogP contribution in [0.2, 0.25) is 0 Å². The van der Waals surface area contributed by atoms with Crippen LogP contribution >= 0.6 is 0 Å². The molecule has 0 bridgehead atoms. The van der Waals surface area contributed by atoms with Gasteiger partial charge in [0.05, 0.1) is 6.54 Å². The van der Waals surface area contributed by atoms with Gasteiger partial charge in [0.25, 0.3) is 0 Å². The van der Waals surface area contributed by atoms with Crippen molar-refractivity contribution in [3.8, 4) is 0 Å². The van der Waals surface area contributed by atoms with Crippen LogP contribution in [0.4, 0.5) is 0 Å². The predicted octanol–water partition coefficient (Wildman–Crippen LogP) is 3.22. The first-order valence-electron chi connectivity index (χ1n) is 10.2. The Labute approximate surface area is 162 Å². The molecular formula is C21H32N6. The summed E-state index contributed by atoms with van der Waals surface area (Å²) in [5, 5.41) is 15.3. The second-order valence-corrected chi connectivity index (χ2v) is 7.29. The number of aliphatic imine (C=N–C) groups is 1. The molecule has 1 heterocycles. The zero-order chi connectivity index (χ0) is 18.9. The van der Waals surface area contributed by atoms with E-state index in [0.717, 1.165) is 31.3 Å². The van der Waals surface area contributed by atoms with Crippen molar-refractivity contribution in [1.29, 1.82) is 0 Å². The molecule has 0 unspecified atom stereocenters. The smallest absolute Gasteiger partial charge is 0.191 e. The van der Waals surface area contributed by atoms with Crippen LogP contribution in [0.25, 0.3) is 0 Å². The SMILES string of the molecule is CCc1nncn1CCNC(=NCc1ccccc1C)NC1CCCCC1. The van der Waals surface area contributed by atoms with Crippen LogP contribution in [0, 0.1) is 6.92 Å². The predicted molar refractivity (Wildman–Crippen MR) is 110 cm³/mol. The highest BCUT2D eigenvalue weighted by atomic mass is 15.3. The number of aromatic nitrogens is 3. The van der Waals surface area contributed by atoms with Crippen molar-refractivity contribution in [2.75, 3.05) is 6.54 Å². The van der Waals surface area contributed by atoms with E-state index in [9.17, 15) is 0 Å². The van der Waals surface area contributed by atoms with Crippen LogP contribution < -0.4 is 10.6 Å². The number of rotatable bonds is 7. The lowest BCUT2D eigenvalue weighted by molar-refractivity contribution is 0.409. The third-order valence-corrected chi connectivity index (χ3v) is 5.27. The van der Waals surface area contributed by atoms with Gasteiger partial charge in [-0.15, -0.1) is 10.2 Å². The van der Waals surface area contributed by atoms with E-state index in [1.54, 1.807) is 6.33 Å². The van der Waals surface area contributed by atoms with Gasteiger partial charge in [-0.05, 0) is 30.9 Å². The lowest BCUT2D eigenvalue weighted by Gasteiger charge is -2.25. The summed E-state index contributed by atoms with van der Waals surface area (Å²) in [6.45, 7) is 6.59. The third-order valence-electron chi connectivity index (χ3n) is 5.27. The van der Waals surface area contributed by atoms with Gasteiger partial charge >= 0.3 is 0 Å². The van der Waals surface area contributed by atoms with Crippen molar-refractivity contribution in [2.45, 2.75) is 71.5 Å². The molecule has 2 N–H and O–H groups in total. The monoisotopic (exact) mass is 368 g/mol. The molecule has 0 radical (unpaired) electrons. The molecule has 0 aliphatic heterocycles. The molecular weight excluding hydrogens is 336 g/mol. The lowest BCUT2D eigenvalue weighted by atomic mass is 9.96. The molecule has 1 aromatic heterocycles. The van der Waals surface area contributed by atoms with Gasteiger partial charge in [-0.3, -0.25) is 0 Å². The molecule has 27 heavy (non-hydrogen) atoms. The van der Waals surface area contributed by atoms with Gasteiger partial charge in [-0.25, -0.2) is 4.99 Å². The highest BCUT2D eigenvalue weighted by Crippen LogP contribution is 2.17. The average molecular weight is 369 g/mol. The van der Waals surface area contributed by atoms with Crippen LogP contribution in [0.15, 0.2) is 35.6 Å². The zero-order valence-corrected chi connectivity index (χ0v) is 16.6. The summed E-state index contributed by atoms with van der Waals surface area (Å²) in [6, 6.07) is 8.99. The quantitative estimate of drug-likeness (QED) is 0.582. The van der Waals surface area contributed by atoms with Crippen LogP contribution in [-0.4, -0.2) is 33.3 Å². The summed E-state index contributed by atoms with van der Waals surface area (Å²) in [7, 11) is 0. The normalized spacial score (nSPS) is 15.7. The number of aryl methyl sites for hydroxylation is 2. The molecule has 146 valence electrons. The first kappa shape index (κ1) is 19.4. The molecule has 3 rings (SSSR count). The van der Waals surface area contributed by atoms with Gasteiger partial charge in [-0.2, -0.15) is 0 Å². The van der Waals surface area contributed by atoms with E-state index in [2.05, 4.69) is 63.5 Å². The Balaban J connectivity index is 1.61. The first-order chi connectivity index (χ1) is 13.3. The molecule has 0 atom stereocenters. The summed E-state index contributed by atoms with van der Waals surface area (Å²) >= 11 is 0. The van der Waals surface area contributed by atoms with Crippen LogP contribution in [0.5, 0.6) is 0 Å². The van der Waals surface area contributed by atoms with E-state index in [1.807, 2.05) is 0 Å². The molecule has 1 saturated carbocycles. The molecule has 2 aromatic rings. The minimum Gasteiger partial charge on any atom is -0.355 e. The second-order valence-electron chi connectivity index (χ2n) is 7.29. The van der Waals surface area contributed by atoms with E-state index in [4.69, 9.17) is 4.99 Å². The van der Waals surface area contributed by atoms with E-state index < -0.39 is 0 Å². The van der Waals surface area contributed by atoms with Crippen LogP contribution in [0.1, 0.15) is 56.0 Å². The van der Waals surface area contributed by atoms with E-state index in [0.29, 0.717) is 12.6 Å². The summed E-state index contributed by atoms with van der Waals surface area (Å²) in [4.78, 5) is 4.86. The van der Waals surface area contributed by atoms with Gasteiger partial charge in [0, 0.05) is 25.6 Å². The standard InChI is InChI=1S/C21H32N6/c1-3-20-26-24-16-27(20)14-13-22-21(25-19-11-5-4-6-12-19)23-15-18-10-8-7-9-17(18)2/h7-10,16,19H,3-6,11-15H2,1-2H3,(H2,22,23,25). The Hall–Kier alpha value is -2.37. The second kappa shape index (κ2) is 10.1. The number of nitrogens with one attached hydrogen (secondary N) is 2. The van der Waals surface area contributed by atoms with Gasteiger partial charge in [0.1, 0.15) is 12.2 Å². The topological polar surface area (TPSA) is 67.1 Å². The van der Waals surface area contributed by atoms with Crippen molar-refractivity contribution < 1.29 is 0 Å². The third kappa shape index (κ3) is 5.81. The number of nitrogens with zero attached hydrogens (tertiary/aromatic N) is 4. The van der Waals surface area contributed by atoms with Crippen molar-refractivity contribution in [2.24, 2.45) is 4.99 Å². The summed E-state index contributed by atoms with van der Waals surface area (Å²) in [6.07, 6.45) is 9.14. The van der Waals surface area contributed by atoms with Gasteiger partial charge in [0.15, 0.2) is 5.96 Å². The van der Waals surface area contributed by atoms with Gasteiger partial charge in [-0.1, -0.05) is 50.5 Å². The van der Waals surface area contributed by atoms with Crippen molar-refractivity contribution in [1.82, 2.24) is 25.4 Å². The molecule has 1 aromatic carbocycles. The van der Waals surface area contributed by atoms with Gasteiger partial charge < -0.3 is 15.2 Å². The number of hydrogen-bond donors (Lipinski definition) is 2. The molecule has 0 amide bonds. The lowest BCUT2D eigenvalue weighted by Crippen LogP contribution is -2.45. The molecule has 1 aliphatic carbocycles. The van der Waals surface area contributed by atoms with Crippen molar-refractivity contribution >= 4 is 5.96 Å². The van der Waals surface area contributed by atoms with E-state index in [-0.39, 0.29) is 0 Å². The molecule has 1 fully saturated rings. The van der Waals surface area contributed by atoms with Crippen molar-refractivity contribution in [3.63, 3.8) is 0 Å². The minimum absolute atomic E-state index is 0.531. The molecule has 6 nitrogen and oxygen atoms in total. The fourth-order valence-corrected chi connectivity index (χ4v) is 3.58. The Morgan fingerprint density at radius 2 is 2.04 bits per heavy atom.